The molecule has 0 saturated heterocycles. The Morgan fingerprint density at radius 1 is 1.25 bits per heavy atom. The summed E-state index contributed by atoms with van der Waals surface area (Å²) in [6.07, 6.45) is 3.97. The number of carbonyl (C=O) groups excluding carboxylic acids is 1. The minimum atomic E-state index is -3.37. The minimum Gasteiger partial charge on any atom is -0.466 e. The molecule has 0 unspecified atom stereocenters. The molecular weight excluding hydrogens is 232 g/mol. The first kappa shape index (κ1) is 13.4. The van der Waals surface area contributed by atoms with E-state index in [1.165, 1.54) is 6.92 Å². The molecule has 94 valence electrons. The maximum atomic E-state index is 10.9. The molecule has 16 heavy (non-hydrogen) atoms. The van der Waals surface area contributed by atoms with E-state index in [-0.39, 0.29) is 24.4 Å². The van der Waals surface area contributed by atoms with Crippen LogP contribution in [0.15, 0.2) is 0 Å². The first-order valence-corrected chi connectivity index (χ1v) is 7.18. The van der Waals surface area contributed by atoms with Gasteiger partial charge in [0, 0.05) is 6.92 Å². The smallest absolute Gasteiger partial charge is 0.302 e. The van der Waals surface area contributed by atoms with Crippen LogP contribution in [-0.2, 0) is 23.8 Å². The maximum Gasteiger partial charge on any atom is 0.302 e. The zero-order chi connectivity index (χ0) is 12.2. The van der Waals surface area contributed by atoms with E-state index in [1.54, 1.807) is 0 Å². The highest BCUT2D eigenvalue weighted by Crippen LogP contribution is 2.32. The third kappa shape index (κ3) is 4.94. The van der Waals surface area contributed by atoms with E-state index in [0.29, 0.717) is 6.61 Å². The van der Waals surface area contributed by atoms with Gasteiger partial charge in [0.25, 0.3) is 10.1 Å². The predicted molar refractivity (Wildman–Crippen MR) is 58.3 cm³/mol. The van der Waals surface area contributed by atoms with Crippen LogP contribution in [0.25, 0.3) is 0 Å². The fourth-order valence-corrected chi connectivity index (χ4v) is 2.41. The Labute approximate surface area is 96.2 Å². The highest BCUT2D eigenvalue weighted by Gasteiger charge is 2.29. The van der Waals surface area contributed by atoms with Crippen molar-refractivity contribution in [2.24, 2.45) is 11.8 Å². The number of hydrogen-bond donors (Lipinski definition) is 0. The molecule has 5 nitrogen and oxygen atoms in total. The molecule has 2 atom stereocenters. The van der Waals surface area contributed by atoms with Crippen molar-refractivity contribution >= 4 is 16.1 Å². The minimum absolute atomic E-state index is 0.175. The molecule has 0 radical (unpaired) electrons. The lowest BCUT2D eigenvalue weighted by molar-refractivity contribution is -0.142. The van der Waals surface area contributed by atoms with Crippen molar-refractivity contribution in [1.29, 1.82) is 0 Å². The molecule has 1 rings (SSSR count). The van der Waals surface area contributed by atoms with Crippen molar-refractivity contribution in [2.45, 2.75) is 26.2 Å². The van der Waals surface area contributed by atoms with E-state index in [9.17, 15) is 13.2 Å². The predicted octanol–water partition coefficient (Wildman–Crippen LogP) is 0.942. The normalized spacial score (nSPS) is 25.6. The van der Waals surface area contributed by atoms with Crippen LogP contribution in [0.4, 0.5) is 0 Å². The number of rotatable bonds is 5. The van der Waals surface area contributed by atoms with E-state index in [2.05, 4.69) is 0 Å². The van der Waals surface area contributed by atoms with Crippen LogP contribution in [0.2, 0.25) is 0 Å². The summed E-state index contributed by atoms with van der Waals surface area (Å²) in [4.78, 5) is 10.7. The zero-order valence-electron chi connectivity index (χ0n) is 9.64. The molecule has 0 heterocycles. The number of esters is 1. The summed E-state index contributed by atoms with van der Waals surface area (Å²) >= 11 is 0. The highest BCUT2D eigenvalue weighted by atomic mass is 32.2. The molecule has 0 aromatic carbocycles. The van der Waals surface area contributed by atoms with Gasteiger partial charge >= 0.3 is 5.97 Å². The van der Waals surface area contributed by atoms with Crippen molar-refractivity contribution in [3.63, 3.8) is 0 Å². The summed E-state index contributed by atoms with van der Waals surface area (Å²) in [6, 6.07) is 0. The van der Waals surface area contributed by atoms with Crippen molar-refractivity contribution in [1.82, 2.24) is 0 Å². The summed E-state index contributed by atoms with van der Waals surface area (Å²) < 4.78 is 31.4. The summed E-state index contributed by atoms with van der Waals surface area (Å²) in [5, 5.41) is 0. The van der Waals surface area contributed by atoms with E-state index in [1.807, 2.05) is 0 Å². The highest BCUT2D eigenvalue weighted by molar-refractivity contribution is 7.85. The van der Waals surface area contributed by atoms with Crippen molar-refractivity contribution < 1.29 is 22.1 Å². The van der Waals surface area contributed by atoms with Crippen molar-refractivity contribution in [3.8, 4) is 0 Å². The molecule has 1 aliphatic carbocycles. The Balaban J connectivity index is 2.37. The Kier molecular flexibility index (Phi) is 4.73. The average Bonchev–Trinajstić information content (AvgIpc) is 2.57. The second-order valence-corrected chi connectivity index (χ2v) is 5.89. The van der Waals surface area contributed by atoms with Gasteiger partial charge in [0.05, 0.1) is 19.5 Å². The fraction of sp³-hybridized carbons (Fsp3) is 0.900. The molecule has 6 heteroatoms. The molecule has 0 N–H and O–H groups in total. The lowest BCUT2D eigenvalue weighted by atomic mass is 9.98. The van der Waals surface area contributed by atoms with E-state index in [4.69, 9.17) is 8.92 Å². The average molecular weight is 250 g/mol. The Morgan fingerprint density at radius 2 is 1.81 bits per heavy atom. The molecule has 0 aliphatic heterocycles. The molecule has 0 amide bonds. The third-order valence-electron chi connectivity index (χ3n) is 2.81. The number of hydrogen-bond acceptors (Lipinski definition) is 5. The molecule has 0 bridgehead atoms. The van der Waals surface area contributed by atoms with Gasteiger partial charge in [-0.05, 0) is 24.7 Å². The van der Waals surface area contributed by atoms with E-state index in [0.717, 1.165) is 25.5 Å². The summed E-state index contributed by atoms with van der Waals surface area (Å²) in [5.74, 6) is 0.106. The van der Waals surface area contributed by atoms with Crippen LogP contribution >= 0.6 is 0 Å². The first-order chi connectivity index (χ1) is 7.38. The van der Waals surface area contributed by atoms with Gasteiger partial charge in [-0.25, -0.2) is 0 Å². The molecule has 1 aliphatic rings. The first-order valence-electron chi connectivity index (χ1n) is 5.36. The summed E-state index contributed by atoms with van der Waals surface area (Å²) in [5.41, 5.74) is 0. The second kappa shape index (κ2) is 5.63. The Hall–Kier alpha value is -0.620. The molecule has 1 fully saturated rings. The quantitative estimate of drug-likeness (QED) is 0.536. The topological polar surface area (TPSA) is 69.7 Å². The molecule has 1 saturated carbocycles. The third-order valence-corrected chi connectivity index (χ3v) is 3.38. The maximum absolute atomic E-state index is 10.9. The van der Waals surface area contributed by atoms with Crippen molar-refractivity contribution in [3.05, 3.63) is 0 Å². The van der Waals surface area contributed by atoms with Crippen molar-refractivity contribution in [2.75, 3.05) is 19.5 Å². The molecule has 0 aromatic heterocycles. The number of carbonyl (C=O) groups is 1. The molecule has 0 aromatic rings. The lowest BCUT2D eigenvalue weighted by Gasteiger charge is -2.18. The van der Waals surface area contributed by atoms with Gasteiger partial charge in [0.1, 0.15) is 0 Å². The lowest BCUT2D eigenvalue weighted by Crippen LogP contribution is -2.21. The van der Waals surface area contributed by atoms with Crippen LogP contribution in [0.1, 0.15) is 26.2 Å². The van der Waals surface area contributed by atoms with Crippen LogP contribution in [0, 0.1) is 11.8 Å². The Bertz CT molecular complexity index is 335. The zero-order valence-corrected chi connectivity index (χ0v) is 10.5. The van der Waals surface area contributed by atoms with Gasteiger partial charge in [-0.1, -0.05) is 6.42 Å². The molecule has 0 spiro atoms. The van der Waals surface area contributed by atoms with Gasteiger partial charge in [-0.15, -0.1) is 0 Å². The number of ether oxygens (including phenoxy) is 1. The Morgan fingerprint density at radius 3 is 2.31 bits per heavy atom. The summed E-state index contributed by atoms with van der Waals surface area (Å²) in [7, 11) is -3.37. The SMILES string of the molecule is CC(=O)OC[C@H]1CCC[C@H]1COS(C)(=O)=O. The van der Waals surface area contributed by atoms with Gasteiger partial charge in [0.15, 0.2) is 0 Å². The van der Waals surface area contributed by atoms with Gasteiger partial charge < -0.3 is 4.74 Å². The largest absolute Gasteiger partial charge is 0.466 e. The van der Waals surface area contributed by atoms with Crippen LogP contribution in [-0.4, -0.2) is 33.9 Å². The second-order valence-electron chi connectivity index (χ2n) is 4.24. The van der Waals surface area contributed by atoms with E-state index >= 15 is 0 Å². The van der Waals surface area contributed by atoms with E-state index < -0.39 is 10.1 Å². The van der Waals surface area contributed by atoms with Gasteiger partial charge in [-0.3, -0.25) is 8.98 Å². The van der Waals surface area contributed by atoms with Crippen LogP contribution < -0.4 is 0 Å². The molecular formula is C10H18O5S. The fourth-order valence-electron chi connectivity index (χ4n) is 1.99. The van der Waals surface area contributed by atoms with Crippen LogP contribution in [0.5, 0.6) is 0 Å². The van der Waals surface area contributed by atoms with Gasteiger partial charge in [-0.2, -0.15) is 8.42 Å². The monoisotopic (exact) mass is 250 g/mol. The summed E-state index contributed by atoms with van der Waals surface area (Å²) in [6.45, 7) is 1.94. The van der Waals surface area contributed by atoms with Crippen LogP contribution in [0.3, 0.4) is 0 Å². The van der Waals surface area contributed by atoms with Gasteiger partial charge in [0.2, 0.25) is 0 Å². The standard InChI is InChI=1S/C10H18O5S/c1-8(11)14-6-9-4-3-5-10(9)7-15-16(2,12)13/h9-10H,3-7H2,1-2H3/t9-,10+/m1/s1.